The summed E-state index contributed by atoms with van der Waals surface area (Å²) in [5, 5.41) is 9.95. The zero-order chi connectivity index (χ0) is 10.9. The lowest BCUT2D eigenvalue weighted by Crippen LogP contribution is -2.17. The van der Waals surface area contributed by atoms with Crippen molar-refractivity contribution in [2.75, 3.05) is 0 Å². The largest absolute Gasteiger partial charge is 0.508 e. The zero-order valence-corrected chi connectivity index (χ0v) is 9.20. The Morgan fingerprint density at radius 1 is 1.13 bits per heavy atom. The van der Waals surface area contributed by atoms with E-state index in [-0.39, 0.29) is 5.41 Å². The van der Waals surface area contributed by atoms with Gasteiger partial charge in [0.2, 0.25) is 0 Å². The maximum atomic E-state index is 9.95. The lowest BCUT2D eigenvalue weighted by Gasteiger charge is -2.30. The maximum absolute atomic E-state index is 9.95. The van der Waals surface area contributed by atoms with Gasteiger partial charge in [-0.1, -0.05) is 50.3 Å². The second kappa shape index (κ2) is 3.58. The average molecular weight is 200 g/mol. The Kier molecular flexibility index (Phi) is 2.39. The molecule has 0 amide bonds. The molecular weight excluding hydrogens is 184 g/mol. The SMILES string of the molecule is CC1(C)CC=CC(O)=C1c1ccccc1. The summed E-state index contributed by atoms with van der Waals surface area (Å²) in [7, 11) is 0. The van der Waals surface area contributed by atoms with E-state index in [2.05, 4.69) is 13.8 Å². The topological polar surface area (TPSA) is 20.2 Å². The molecule has 1 aliphatic carbocycles. The first-order valence-corrected chi connectivity index (χ1v) is 5.27. The second-order valence-electron chi connectivity index (χ2n) is 4.62. The van der Waals surface area contributed by atoms with Crippen LogP contribution in [0, 0.1) is 5.41 Å². The van der Waals surface area contributed by atoms with E-state index in [4.69, 9.17) is 0 Å². The molecule has 2 rings (SSSR count). The van der Waals surface area contributed by atoms with E-state index in [0.29, 0.717) is 5.76 Å². The number of allylic oxidation sites excluding steroid dienone is 3. The molecule has 0 radical (unpaired) electrons. The molecular formula is C14H16O. The van der Waals surface area contributed by atoms with Crippen LogP contribution < -0.4 is 0 Å². The molecule has 0 aromatic heterocycles. The first-order chi connectivity index (χ1) is 7.11. The molecule has 0 spiro atoms. The van der Waals surface area contributed by atoms with Gasteiger partial charge >= 0.3 is 0 Å². The van der Waals surface area contributed by atoms with Crippen LogP contribution in [0.15, 0.2) is 48.2 Å². The molecule has 0 aliphatic heterocycles. The van der Waals surface area contributed by atoms with Gasteiger partial charge in [0.25, 0.3) is 0 Å². The van der Waals surface area contributed by atoms with Crippen LogP contribution in [-0.4, -0.2) is 5.11 Å². The van der Waals surface area contributed by atoms with Crippen LogP contribution in [0.5, 0.6) is 0 Å². The maximum Gasteiger partial charge on any atom is 0.119 e. The van der Waals surface area contributed by atoms with Gasteiger partial charge in [0.05, 0.1) is 0 Å². The quantitative estimate of drug-likeness (QED) is 0.728. The van der Waals surface area contributed by atoms with E-state index in [1.807, 2.05) is 36.4 Å². The number of aliphatic hydroxyl groups excluding tert-OH is 1. The van der Waals surface area contributed by atoms with Crippen molar-refractivity contribution in [1.82, 2.24) is 0 Å². The van der Waals surface area contributed by atoms with Crippen molar-refractivity contribution in [3.8, 4) is 0 Å². The third-order valence-corrected chi connectivity index (χ3v) is 2.90. The molecule has 0 unspecified atom stereocenters. The summed E-state index contributed by atoms with van der Waals surface area (Å²) in [4.78, 5) is 0. The predicted molar refractivity (Wildman–Crippen MR) is 63.5 cm³/mol. The number of hydrogen-bond donors (Lipinski definition) is 1. The summed E-state index contributed by atoms with van der Waals surface area (Å²) >= 11 is 0. The molecule has 1 aliphatic rings. The van der Waals surface area contributed by atoms with Crippen LogP contribution in [0.25, 0.3) is 5.57 Å². The van der Waals surface area contributed by atoms with Gasteiger partial charge < -0.3 is 5.11 Å². The summed E-state index contributed by atoms with van der Waals surface area (Å²) in [6.45, 7) is 4.32. The van der Waals surface area contributed by atoms with Gasteiger partial charge in [-0.3, -0.25) is 0 Å². The smallest absolute Gasteiger partial charge is 0.119 e. The average Bonchev–Trinajstić information content (AvgIpc) is 2.17. The van der Waals surface area contributed by atoms with E-state index in [0.717, 1.165) is 17.6 Å². The van der Waals surface area contributed by atoms with Crippen molar-refractivity contribution < 1.29 is 5.11 Å². The molecule has 1 nitrogen and oxygen atoms in total. The van der Waals surface area contributed by atoms with Crippen molar-refractivity contribution in [3.05, 3.63) is 53.8 Å². The summed E-state index contributed by atoms with van der Waals surface area (Å²) in [6.07, 6.45) is 4.80. The molecule has 0 saturated heterocycles. The zero-order valence-electron chi connectivity index (χ0n) is 9.20. The molecule has 78 valence electrons. The van der Waals surface area contributed by atoms with Gasteiger partial charge in [0, 0.05) is 5.57 Å². The highest BCUT2D eigenvalue weighted by Crippen LogP contribution is 2.42. The van der Waals surface area contributed by atoms with Crippen LogP contribution >= 0.6 is 0 Å². The third-order valence-electron chi connectivity index (χ3n) is 2.90. The van der Waals surface area contributed by atoms with Crippen LogP contribution in [0.2, 0.25) is 0 Å². The summed E-state index contributed by atoms with van der Waals surface area (Å²) in [6, 6.07) is 10.1. The fourth-order valence-electron chi connectivity index (χ4n) is 2.14. The highest BCUT2D eigenvalue weighted by Gasteiger charge is 2.28. The number of rotatable bonds is 1. The fourth-order valence-corrected chi connectivity index (χ4v) is 2.14. The molecule has 1 aromatic carbocycles. The van der Waals surface area contributed by atoms with Crippen LogP contribution in [0.4, 0.5) is 0 Å². The normalized spacial score (nSPS) is 19.3. The Bertz CT molecular complexity index is 410. The molecule has 0 saturated carbocycles. The van der Waals surface area contributed by atoms with Crippen molar-refractivity contribution in [1.29, 1.82) is 0 Å². The fraction of sp³-hybridized carbons (Fsp3) is 0.286. The summed E-state index contributed by atoms with van der Waals surface area (Å²) in [5.74, 6) is 0.400. The van der Waals surface area contributed by atoms with Crippen LogP contribution in [0.1, 0.15) is 25.8 Å². The minimum Gasteiger partial charge on any atom is -0.508 e. The van der Waals surface area contributed by atoms with Crippen molar-refractivity contribution in [3.63, 3.8) is 0 Å². The van der Waals surface area contributed by atoms with Gasteiger partial charge in [-0.15, -0.1) is 0 Å². The second-order valence-corrected chi connectivity index (χ2v) is 4.62. The van der Waals surface area contributed by atoms with Gasteiger partial charge in [0.1, 0.15) is 5.76 Å². The Morgan fingerprint density at radius 3 is 2.40 bits per heavy atom. The number of aliphatic hydroxyl groups is 1. The monoisotopic (exact) mass is 200 g/mol. The third kappa shape index (κ3) is 1.82. The Labute approximate surface area is 90.8 Å². The van der Waals surface area contributed by atoms with E-state index in [9.17, 15) is 5.11 Å². The molecule has 0 atom stereocenters. The molecule has 1 N–H and O–H groups in total. The molecule has 0 fully saturated rings. The molecule has 1 heteroatoms. The van der Waals surface area contributed by atoms with E-state index >= 15 is 0 Å². The first kappa shape index (κ1) is 10.0. The minimum atomic E-state index is 0.0141. The van der Waals surface area contributed by atoms with Gasteiger partial charge in [-0.2, -0.15) is 0 Å². The lowest BCUT2D eigenvalue weighted by molar-refractivity contribution is 0.402. The number of benzene rings is 1. The Morgan fingerprint density at radius 2 is 1.80 bits per heavy atom. The Balaban J connectivity index is 2.54. The summed E-state index contributed by atoms with van der Waals surface area (Å²) in [5.41, 5.74) is 2.18. The van der Waals surface area contributed by atoms with E-state index in [1.54, 1.807) is 6.08 Å². The van der Waals surface area contributed by atoms with E-state index in [1.165, 1.54) is 0 Å². The van der Waals surface area contributed by atoms with Gasteiger partial charge in [-0.05, 0) is 23.5 Å². The number of hydrogen-bond acceptors (Lipinski definition) is 1. The molecule has 0 bridgehead atoms. The van der Waals surface area contributed by atoms with Crippen molar-refractivity contribution in [2.24, 2.45) is 5.41 Å². The van der Waals surface area contributed by atoms with E-state index < -0.39 is 0 Å². The molecule has 15 heavy (non-hydrogen) atoms. The lowest BCUT2D eigenvalue weighted by atomic mass is 9.74. The first-order valence-electron chi connectivity index (χ1n) is 5.27. The van der Waals surface area contributed by atoms with Gasteiger partial charge in [0.15, 0.2) is 0 Å². The highest BCUT2D eigenvalue weighted by molar-refractivity contribution is 5.74. The van der Waals surface area contributed by atoms with Crippen LogP contribution in [0.3, 0.4) is 0 Å². The molecule has 1 aromatic rings. The predicted octanol–water partition coefficient (Wildman–Crippen LogP) is 3.94. The van der Waals surface area contributed by atoms with Gasteiger partial charge in [-0.25, -0.2) is 0 Å². The van der Waals surface area contributed by atoms with Crippen molar-refractivity contribution >= 4 is 5.57 Å². The van der Waals surface area contributed by atoms with Crippen LogP contribution in [-0.2, 0) is 0 Å². The van der Waals surface area contributed by atoms with Crippen molar-refractivity contribution in [2.45, 2.75) is 20.3 Å². The highest BCUT2D eigenvalue weighted by atomic mass is 16.3. The Hall–Kier alpha value is -1.50. The standard InChI is InChI=1S/C14H16O/c1-14(2)10-6-9-12(15)13(14)11-7-4-3-5-8-11/h3-9,15H,10H2,1-2H3. The molecule has 0 heterocycles. The minimum absolute atomic E-state index is 0.0141. The summed E-state index contributed by atoms with van der Waals surface area (Å²) < 4.78 is 0.